The second-order valence-electron chi connectivity index (χ2n) is 6.20. The van der Waals surface area contributed by atoms with Crippen LogP contribution in [0.4, 0.5) is 4.79 Å². The lowest BCUT2D eigenvalue weighted by Crippen LogP contribution is -2.48. The maximum atomic E-state index is 11.8. The van der Waals surface area contributed by atoms with Crippen LogP contribution in [0.5, 0.6) is 0 Å². The summed E-state index contributed by atoms with van der Waals surface area (Å²) in [5.74, 6) is -0.654. The summed E-state index contributed by atoms with van der Waals surface area (Å²) in [6.45, 7) is 5.58. The zero-order chi connectivity index (χ0) is 14.9. The molecule has 0 aromatic heterocycles. The number of carbonyl (C=O) groups excluding carboxylic acids is 3. The first kappa shape index (κ1) is 14.6. The van der Waals surface area contributed by atoms with Crippen molar-refractivity contribution < 1.29 is 19.1 Å². The van der Waals surface area contributed by atoms with Crippen LogP contribution in [0.3, 0.4) is 0 Å². The van der Waals surface area contributed by atoms with Crippen molar-refractivity contribution in [2.75, 3.05) is 0 Å². The number of ether oxygens (including phenoxy) is 1. The number of hydrogen-bond donors (Lipinski definition) is 1. The van der Waals surface area contributed by atoms with E-state index in [1.54, 1.807) is 0 Å². The molecule has 0 radical (unpaired) electrons. The summed E-state index contributed by atoms with van der Waals surface area (Å²) < 4.78 is 5.39. The molecule has 20 heavy (non-hydrogen) atoms. The van der Waals surface area contributed by atoms with Crippen LogP contribution in [0, 0.1) is 0 Å². The third kappa shape index (κ3) is 3.18. The molecule has 2 rings (SSSR count). The standard InChI is InChI=1S/C14H20N2O4/c1-14(2,3)15-13(19)20-10-6-4-5-9(10)16-11(17)7-8-12(16)18/h7-10H,4-6H2,1-3H3,(H,15,19)/t9-,10-/m0/s1. The Kier molecular flexibility index (Phi) is 3.83. The Morgan fingerprint density at radius 2 is 1.85 bits per heavy atom. The Morgan fingerprint density at radius 1 is 1.25 bits per heavy atom. The smallest absolute Gasteiger partial charge is 0.407 e. The Hall–Kier alpha value is -1.85. The molecule has 0 aromatic carbocycles. The van der Waals surface area contributed by atoms with Gasteiger partial charge in [-0.2, -0.15) is 0 Å². The molecule has 0 saturated heterocycles. The van der Waals surface area contributed by atoms with Crippen molar-refractivity contribution in [3.8, 4) is 0 Å². The molecular weight excluding hydrogens is 260 g/mol. The highest BCUT2D eigenvalue weighted by molar-refractivity contribution is 6.13. The molecule has 6 nitrogen and oxygen atoms in total. The Balaban J connectivity index is 2.00. The molecule has 1 saturated carbocycles. The summed E-state index contributed by atoms with van der Waals surface area (Å²) >= 11 is 0. The minimum atomic E-state index is -0.513. The van der Waals surface area contributed by atoms with Crippen molar-refractivity contribution in [1.82, 2.24) is 10.2 Å². The van der Waals surface area contributed by atoms with Gasteiger partial charge in [0.1, 0.15) is 6.10 Å². The third-order valence-electron chi connectivity index (χ3n) is 3.33. The first-order valence-corrected chi connectivity index (χ1v) is 6.82. The number of nitrogens with zero attached hydrogens (tertiary/aromatic N) is 1. The lowest BCUT2D eigenvalue weighted by molar-refractivity contribution is -0.141. The van der Waals surface area contributed by atoms with Crippen molar-refractivity contribution >= 4 is 17.9 Å². The highest BCUT2D eigenvalue weighted by Gasteiger charge is 2.41. The number of rotatable bonds is 2. The van der Waals surface area contributed by atoms with Crippen molar-refractivity contribution in [3.05, 3.63) is 12.2 Å². The van der Waals surface area contributed by atoms with Crippen molar-refractivity contribution in [1.29, 1.82) is 0 Å². The molecule has 0 unspecified atom stereocenters. The molecule has 1 aliphatic carbocycles. The van der Waals surface area contributed by atoms with Gasteiger partial charge < -0.3 is 10.1 Å². The van der Waals surface area contributed by atoms with E-state index in [1.807, 2.05) is 20.8 Å². The number of amides is 3. The highest BCUT2D eigenvalue weighted by Crippen LogP contribution is 2.29. The summed E-state index contributed by atoms with van der Waals surface area (Å²) in [5, 5.41) is 2.71. The van der Waals surface area contributed by atoms with Gasteiger partial charge in [0.25, 0.3) is 11.8 Å². The third-order valence-corrected chi connectivity index (χ3v) is 3.33. The van der Waals surface area contributed by atoms with Gasteiger partial charge in [-0.05, 0) is 40.0 Å². The van der Waals surface area contributed by atoms with E-state index in [0.29, 0.717) is 12.8 Å². The van der Waals surface area contributed by atoms with Gasteiger partial charge >= 0.3 is 6.09 Å². The molecule has 0 bridgehead atoms. The van der Waals surface area contributed by atoms with Crippen LogP contribution in [-0.2, 0) is 14.3 Å². The van der Waals surface area contributed by atoms with E-state index in [1.165, 1.54) is 17.1 Å². The predicted octanol–water partition coefficient (Wildman–Crippen LogP) is 1.36. The molecule has 2 atom stereocenters. The maximum Gasteiger partial charge on any atom is 0.407 e. The van der Waals surface area contributed by atoms with Crippen LogP contribution in [0.25, 0.3) is 0 Å². The largest absolute Gasteiger partial charge is 0.444 e. The van der Waals surface area contributed by atoms with E-state index < -0.39 is 12.2 Å². The van der Waals surface area contributed by atoms with Gasteiger partial charge in [0, 0.05) is 17.7 Å². The predicted molar refractivity (Wildman–Crippen MR) is 71.8 cm³/mol. The Labute approximate surface area is 118 Å². The monoisotopic (exact) mass is 280 g/mol. The summed E-state index contributed by atoms with van der Waals surface area (Å²) in [5.41, 5.74) is -0.383. The molecule has 110 valence electrons. The summed E-state index contributed by atoms with van der Waals surface area (Å²) in [6, 6.07) is -0.351. The van der Waals surface area contributed by atoms with Gasteiger partial charge in [-0.15, -0.1) is 0 Å². The van der Waals surface area contributed by atoms with Crippen LogP contribution >= 0.6 is 0 Å². The molecule has 1 N–H and O–H groups in total. The highest BCUT2D eigenvalue weighted by atomic mass is 16.6. The van der Waals surface area contributed by atoms with Crippen LogP contribution < -0.4 is 5.32 Å². The molecule has 0 spiro atoms. The fraction of sp³-hybridized carbons (Fsp3) is 0.643. The van der Waals surface area contributed by atoms with Gasteiger partial charge in [-0.25, -0.2) is 4.79 Å². The number of hydrogen-bond acceptors (Lipinski definition) is 4. The minimum absolute atomic E-state index is 0.327. The minimum Gasteiger partial charge on any atom is -0.444 e. The normalized spacial score (nSPS) is 26.2. The van der Waals surface area contributed by atoms with Gasteiger partial charge in [0.15, 0.2) is 0 Å². The quantitative estimate of drug-likeness (QED) is 0.775. The SMILES string of the molecule is CC(C)(C)NC(=O)O[C@H]1CCC[C@@H]1N1C(=O)C=CC1=O. The van der Waals surface area contributed by atoms with Crippen LogP contribution in [0.1, 0.15) is 40.0 Å². The zero-order valence-electron chi connectivity index (χ0n) is 12.0. The molecule has 2 aliphatic rings. The molecule has 3 amide bonds. The average molecular weight is 280 g/mol. The average Bonchev–Trinajstić information content (AvgIpc) is 2.83. The summed E-state index contributed by atoms with van der Waals surface area (Å²) in [7, 11) is 0. The molecular formula is C14H20N2O4. The fourth-order valence-corrected chi connectivity index (χ4v) is 2.55. The van der Waals surface area contributed by atoms with Crippen LogP contribution in [0.15, 0.2) is 12.2 Å². The molecule has 0 aromatic rings. The van der Waals surface area contributed by atoms with Crippen molar-refractivity contribution in [3.63, 3.8) is 0 Å². The van der Waals surface area contributed by atoms with Crippen molar-refractivity contribution in [2.24, 2.45) is 0 Å². The van der Waals surface area contributed by atoms with Gasteiger partial charge in [-0.3, -0.25) is 14.5 Å². The summed E-state index contributed by atoms with van der Waals surface area (Å²) in [6.07, 6.45) is 3.74. The summed E-state index contributed by atoms with van der Waals surface area (Å²) in [4.78, 5) is 36.4. The van der Waals surface area contributed by atoms with Crippen LogP contribution in [0.2, 0.25) is 0 Å². The molecule has 1 heterocycles. The van der Waals surface area contributed by atoms with E-state index >= 15 is 0 Å². The first-order valence-electron chi connectivity index (χ1n) is 6.82. The lowest BCUT2D eigenvalue weighted by atomic mass is 10.1. The number of alkyl carbamates (subject to hydrolysis) is 1. The number of nitrogens with one attached hydrogen (secondary N) is 1. The van der Waals surface area contributed by atoms with E-state index in [2.05, 4.69) is 5.32 Å². The first-order chi connectivity index (χ1) is 9.28. The second-order valence-corrected chi connectivity index (χ2v) is 6.20. The molecule has 6 heteroatoms. The fourth-order valence-electron chi connectivity index (χ4n) is 2.55. The second kappa shape index (κ2) is 5.26. The van der Waals surface area contributed by atoms with E-state index in [4.69, 9.17) is 4.74 Å². The van der Waals surface area contributed by atoms with Gasteiger partial charge in [0.2, 0.25) is 0 Å². The topological polar surface area (TPSA) is 75.7 Å². The Morgan fingerprint density at radius 3 is 2.40 bits per heavy atom. The van der Waals surface area contributed by atoms with Crippen molar-refractivity contribution in [2.45, 2.75) is 57.7 Å². The zero-order valence-corrected chi connectivity index (χ0v) is 12.0. The molecule has 1 fully saturated rings. The van der Waals surface area contributed by atoms with Gasteiger partial charge in [0.05, 0.1) is 6.04 Å². The molecule has 1 aliphatic heterocycles. The number of imide groups is 1. The van der Waals surface area contributed by atoms with E-state index in [-0.39, 0.29) is 23.4 Å². The van der Waals surface area contributed by atoms with Crippen LogP contribution in [-0.4, -0.2) is 40.5 Å². The van der Waals surface area contributed by atoms with E-state index in [9.17, 15) is 14.4 Å². The maximum absolute atomic E-state index is 11.8. The van der Waals surface area contributed by atoms with Gasteiger partial charge in [-0.1, -0.05) is 0 Å². The number of carbonyl (C=O) groups is 3. The Bertz CT molecular complexity index is 446. The lowest BCUT2D eigenvalue weighted by Gasteiger charge is -2.29. The van der Waals surface area contributed by atoms with E-state index in [0.717, 1.165) is 6.42 Å².